The molecule has 8 heteroatoms. The van der Waals surface area contributed by atoms with Crippen molar-refractivity contribution < 1.29 is 4.74 Å². The summed E-state index contributed by atoms with van der Waals surface area (Å²) in [6.07, 6.45) is 4.81. The van der Waals surface area contributed by atoms with Gasteiger partial charge in [-0.2, -0.15) is 19.6 Å². The molecule has 1 saturated heterocycles. The molecule has 8 nitrogen and oxygen atoms in total. The first-order chi connectivity index (χ1) is 13.6. The highest BCUT2D eigenvalue weighted by Crippen LogP contribution is 2.21. The Morgan fingerprint density at radius 1 is 1.25 bits per heavy atom. The quantitative estimate of drug-likeness (QED) is 0.633. The van der Waals surface area contributed by atoms with Gasteiger partial charge < -0.3 is 20.7 Å². The molecule has 3 aromatic rings. The van der Waals surface area contributed by atoms with Gasteiger partial charge in [0.05, 0.1) is 6.20 Å². The summed E-state index contributed by atoms with van der Waals surface area (Å²) in [4.78, 5) is 11.6. The van der Waals surface area contributed by atoms with Gasteiger partial charge in [0, 0.05) is 30.9 Å². The molecule has 0 saturated carbocycles. The topological polar surface area (TPSA) is 93.6 Å². The molecule has 0 bridgehead atoms. The molecular formula is C20H27N7O. The maximum atomic E-state index is 6.14. The third kappa shape index (κ3) is 4.01. The molecule has 3 heterocycles. The number of fused-ring (bicyclic) bond motifs is 1. The number of likely N-dealkylation sites (tertiary alicyclic amines) is 1. The zero-order valence-corrected chi connectivity index (χ0v) is 16.4. The molecule has 0 amide bonds. The Balaban J connectivity index is 1.59. The van der Waals surface area contributed by atoms with Crippen molar-refractivity contribution in [3.63, 3.8) is 0 Å². The van der Waals surface area contributed by atoms with E-state index >= 15 is 0 Å². The van der Waals surface area contributed by atoms with Crippen molar-refractivity contribution in [2.75, 3.05) is 31.2 Å². The molecule has 0 radical (unpaired) electrons. The predicted octanol–water partition coefficient (Wildman–Crippen LogP) is 2.35. The summed E-state index contributed by atoms with van der Waals surface area (Å²) in [6, 6.07) is 8.20. The van der Waals surface area contributed by atoms with E-state index in [9.17, 15) is 0 Å². The number of piperidine rings is 1. The molecule has 0 spiro atoms. The number of ether oxygens (including phenoxy) is 1. The highest BCUT2D eigenvalue weighted by atomic mass is 16.5. The number of nitrogens with two attached hydrogens (primary N) is 1. The standard InChI is InChI=1S/C20H27N7O/c1-3-15-13-23-27-18(15)24-20(28-17-7-9-26(2)10-8-17)25-19(27)22-12-14-5-4-6-16(21)11-14/h4-6,11,13,17H,3,7-10,12,21H2,1-2H3,(H,22,24,25). The van der Waals surface area contributed by atoms with Crippen molar-refractivity contribution in [3.05, 3.63) is 41.6 Å². The number of nitrogen functional groups attached to an aromatic ring is 1. The maximum absolute atomic E-state index is 6.14. The lowest BCUT2D eigenvalue weighted by Crippen LogP contribution is -2.36. The van der Waals surface area contributed by atoms with Crippen molar-refractivity contribution in [3.8, 4) is 6.01 Å². The molecule has 1 aliphatic heterocycles. The van der Waals surface area contributed by atoms with Crippen molar-refractivity contribution >= 4 is 17.3 Å². The van der Waals surface area contributed by atoms with Gasteiger partial charge in [0.2, 0.25) is 5.95 Å². The molecule has 1 aliphatic rings. The minimum atomic E-state index is 0.147. The van der Waals surface area contributed by atoms with Crippen LogP contribution in [0.2, 0.25) is 0 Å². The molecule has 2 aromatic heterocycles. The molecule has 0 aliphatic carbocycles. The van der Waals surface area contributed by atoms with E-state index in [-0.39, 0.29) is 6.10 Å². The lowest BCUT2D eigenvalue weighted by molar-refractivity contribution is 0.105. The van der Waals surface area contributed by atoms with E-state index in [0.29, 0.717) is 18.5 Å². The highest BCUT2D eigenvalue weighted by Gasteiger charge is 2.21. The number of hydrogen-bond donors (Lipinski definition) is 2. The molecule has 148 valence electrons. The minimum absolute atomic E-state index is 0.147. The minimum Gasteiger partial charge on any atom is -0.460 e. The Labute approximate surface area is 164 Å². The van der Waals surface area contributed by atoms with Gasteiger partial charge in [-0.3, -0.25) is 0 Å². The number of aryl methyl sites for hydroxylation is 1. The Morgan fingerprint density at radius 2 is 2.07 bits per heavy atom. The summed E-state index contributed by atoms with van der Waals surface area (Å²) >= 11 is 0. The Kier molecular flexibility index (Phi) is 5.29. The number of benzene rings is 1. The number of rotatable bonds is 6. The van der Waals surface area contributed by atoms with Crippen LogP contribution in [-0.2, 0) is 13.0 Å². The summed E-state index contributed by atoms with van der Waals surface area (Å²) in [6.45, 7) is 4.74. The summed E-state index contributed by atoms with van der Waals surface area (Å²) in [5.74, 6) is 0.620. The van der Waals surface area contributed by atoms with Crippen LogP contribution in [0, 0.1) is 0 Å². The molecule has 0 atom stereocenters. The second-order valence-electron chi connectivity index (χ2n) is 7.31. The fourth-order valence-electron chi connectivity index (χ4n) is 3.46. The Bertz CT molecular complexity index is 947. The van der Waals surface area contributed by atoms with Crippen LogP contribution in [0.3, 0.4) is 0 Å². The first-order valence-corrected chi connectivity index (χ1v) is 9.80. The van der Waals surface area contributed by atoms with E-state index in [1.165, 1.54) is 0 Å². The normalized spacial score (nSPS) is 15.8. The molecule has 0 unspecified atom stereocenters. The van der Waals surface area contributed by atoms with E-state index in [4.69, 9.17) is 10.5 Å². The zero-order chi connectivity index (χ0) is 19.5. The van der Waals surface area contributed by atoms with Crippen LogP contribution in [0.15, 0.2) is 30.5 Å². The predicted molar refractivity (Wildman–Crippen MR) is 109 cm³/mol. The lowest BCUT2D eigenvalue weighted by atomic mass is 10.1. The van der Waals surface area contributed by atoms with Gasteiger partial charge in [-0.05, 0) is 44.0 Å². The number of anilines is 2. The molecule has 1 aromatic carbocycles. The number of nitrogens with zero attached hydrogens (tertiary/aromatic N) is 5. The first kappa shape index (κ1) is 18.5. The average molecular weight is 381 g/mol. The monoisotopic (exact) mass is 381 g/mol. The molecule has 1 fully saturated rings. The van der Waals surface area contributed by atoms with Crippen LogP contribution in [-0.4, -0.2) is 50.7 Å². The number of aromatic nitrogens is 4. The van der Waals surface area contributed by atoms with Crippen molar-refractivity contribution in [2.45, 2.75) is 38.8 Å². The Hall–Kier alpha value is -2.87. The second-order valence-corrected chi connectivity index (χ2v) is 7.31. The van der Waals surface area contributed by atoms with Crippen LogP contribution in [0.25, 0.3) is 5.65 Å². The lowest BCUT2D eigenvalue weighted by Gasteiger charge is -2.28. The smallest absolute Gasteiger partial charge is 0.322 e. The largest absolute Gasteiger partial charge is 0.460 e. The van der Waals surface area contributed by atoms with Crippen molar-refractivity contribution in [2.24, 2.45) is 0 Å². The average Bonchev–Trinajstić information content (AvgIpc) is 3.11. The zero-order valence-electron chi connectivity index (χ0n) is 16.4. The van der Waals surface area contributed by atoms with Gasteiger partial charge in [-0.15, -0.1) is 0 Å². The summed E-state index contributed by atoms with van der Waals surface area (Å²) in [5.41, 5.74) is 9.56. The van der Waals surface area contributed by atoms with Crippen molar-refractivity contribution in [1.29, 1.82) is 0 Å². The van der Waals surface area contributed by atoms with E-state index in [1.54, 1.807) is 4.52 Å². The molecule has 3 N–H and O–H groups in total. The SMILES string of the molecule is CCc1cnn2c(NCc3cccc(N)c3)nc(OC3CCN(C)CC3)nc12. The van der Waals surface area contributed by atoms with Crippen LogP contribution >= 0.6 is 0 Å². The second kappa shape index (κ2) is 8.02. The van der Waals surface area contributed by atoms with Crippen LogP contribution in [0.4, 0.5) is 11.6 Å². The van der Waals surface area contributed by atoms with Crippen molar-refractivity contribution in [1.82, 2.24) is 24.5 Å². The first-order valence-electron chi connectivity index (χ1n) is 9.80. The summed E-state index contributed by atoms with van der Waals surface area (Å²) < 4.78 is 7.89. The third-order valence-corrected chi connectivity index (χ3v) is 5.14. The molecule has 28 heavy (non-hydrogen) atoms. The van der Waals surface area contributed by atoms with Gasteiger partial charge in [0.1, 0.15) is 6.10 Å². The van der Waals surface area contributed by atoms with E-state index < -0.39 is 0 Å². The third-order valence-electron chi connectivity index (χ3n) is 5.14. The molecular weight excluding hydrogens is 354 g/mol. The highest BCUT2D eigenvalue weighted by molar-refractivity contribution is 5.52. The number of hydrogen-bond acceptors (Lipinski definition) is 7. The maximum Gasteiger partial charge on any atom is 0.322 e. The van der Waals surface area contributed by atoms with Crippen LogP contribution in [0.1, 0.15) is 30.9 Å². The molecule has 4 rings (SSSR count). The summed E-state index contributed by atoms with van der Waals surface area (Å²) in [7, 11) is 2.14. The Morgan fingerprint density at radius 3 is 2.82 bits per heavy atom. The van der Waals surface area contributed by atoms with Gasteiger partial charge in [0.25, 0.3) is 0 Å². The van der Waals surface area contributed by atoms with Crippen LogP contribution < -0.4 is 15.8 Å². The fourth-order valence-corrected chi connectivity index (χ4v) is 3.46. The van der Waals surface area contributed by atoms with Crippen LogP contribution in [0.5, 0.6) is 6.01 Å². The van der Waals surface area contributed by atoms with E-state index in [2.05, 4.69) is 39.3 Å². The van der Waals surface area contributed by atoms with Gasteiger partial charge in [-0.1, -0.05) is 19.1 Å². The van der Waals surface area contributed by atoms with E-state index in [1.807, 2.05) is 30.5 Å². The van der Waals surface area contributed by atoms with Gasteiger partial charge in [0.15, 0.2) is 5.65 Å². The number of nitrogens with one attached hydrogen (secondary N) is 1. The van der Waals surface area contributed by atoms with Gasteiger partial charge >= 0.3 is 6.01 Å². The summed E-state index contributed by atoms with van der Waals surface area (Å²) in [5, 5.41) is 7.82. The van der Waals surface area contributed by atoms with Gasteiger partial charge in [-0.25, -0.2) is 0 Å². The van der Waals surface area contributed by atoms with E-state index in [0.717, 1.165) is 54.8 Å². The fraction of sp³-hybridized carbons (Fsp3) is 0.450.